The van der Waals surface area contributed by atoms with Gasteiger partial charge in [0.2, 0.25) is 0 Å². The van der Waals surface area contributed by atoms with Crippen LogP contribution in [0.4, 0.5) is 11.4 Å². The van der Waals surface area contributed by atoms with Gasteiger partial charge < -0.3 is 10.2 Å². The molecule has 0 unspecified atom stereocenters. The van der Waals surface area contributed by atoms with Crippen molar-refractivity contribution in [1.82, 2.24) is 0 Å². The Labute approximate surface area is 99.7 Å². The summed E-state index contributed by atoms with van der Waals surface area (Å²) >= 11 is 0. The molecule has 0 aliphatic rings. The second kappa shape index (κ2) is 5.24. The summed E-state index contributed by atoms with van der Waals surface area (Å²) in [5.74, 6) is 0. The van der Waals surface area contributed by atoms with Gasteiger partial charge in [-0.2, -0.15) is 0 Å². The van der Waals surface area contributed by atoms with Crippen molar-refractivity contribution in [3.05, 3.63) is 24.3 Å². The van der Waals surface area contributed by atoms with Crippen molar-refractivity contribution in [1.29, 1.82) is 0 Å². The average Bonchev–Trinajstić information content (AvgIpc) is 2.20. The molecule has 0 radical (unpaired) electrons. The van der Waals surface area contributed by atoms with E-state index in [0.29, 0.717) is 0 Å². The van der Waals surface area contributed by atoms with Crippen LogP contribution in [0.1, 0.15) is 34.6 Å². The Kier molecular flexibility index (Phi) is 4.22. The lowest BCUT2D eigenvalue weighted by Gasteiger charge is -2.24. The number of hydrogen-bond acceptors (Lipinski definition) is 2. The summed E-state index contributed by atoms with van der Waals surface area (Å²) in [7, 11) is 0. The lowest BCUT2D eigenvalue weighted by molar-refractivity contribution is 0.634. The molecule has 0 aliphatic heterocycles. The lowest BCUT2D eigenvalue weighted by Crippen LogP contribution is -2.26. The van der Waals surface area contributed by atoms with Gasteiger partial charge in [-0.05, 0) is 58.9 Å². The SMILES string of the molecule is CCN(CC)c1ccc(NC(C)(C)C)cc1. The van der Waals surface area contributed by atoms with Crippen LogP contribution in [0.25, 0.3) is 0 Å². The van der Waals surface area contributed by atoms with E-state index in [9.17, 15) is 0 Å². The number of rotatable bonds is 4. The number of nitrogens with one attached hydrogen (secondary N) is 1. The molecule has 0 heterocycles. The summed E-state index contributed by atoms with van der Waals surface area (Å²) in [4.78, 5) is 2.35. The van der Waals surface area contributed by atoms with E-state index >= 15 is 0 Å². The molecule has 1 aromatic carbocycles. The smallest absolute Gasteiger partial charge is 0.0367 e. The van der Waals surface area contributed by atoms with E-state index in [1.54, 1.807) is 0 Å². The Morgan fingerprint density at radius 2 is 1.50 bits per heavy atom. The van der Waals surface area contributed by atoms with Gasteiger partial charge in [0.05, 0.1) is 0 Å². The van der Waals surface area contributed by atoms with Gasteiger partial charge in [-0.3, -0.25) is 0 Å². The van der Waals surface area contributed by atoms with Crippen molar-refractivity contribution in [3.8, 4) is 0 Å². The quantitative estimate of drug-likeness (QED) is 0.831. The Morgan fingerprint density at radius 1 is 1.00 bits per heavy atom. The van der Waals surface area contributed by atoms with E-state index in [1.807, 2.05) is 0 Å². The molecular formula is C14H24N2. The summed E-state index contributed by atoms with van der Waals surface area (Å²) in [5, 5.41) is 3.46. The van der Waals surface area contributed by atoms with Gasteiger partial charge in [0.1, 0.15) is 0 Å². The molecule has 0 amide bonds. The lowest BCUT2D eigenvalue weighted by atomic mass is 10.1. The van der Waals surface area contributed by atoms with Crippen LogP contribution in [0.5, 0.6) is 0 Å². The molecule has 0 aromatic heterocycles. The zero-order valence-corrected chi connectivity index (χ0v) is 11.2. The fourth-order valence-corrected chi connectivity index (χ4v) is 1.78. The molecule has 0 spiro atoms. The molecule has 16 heavy (non-hydrogen) atoms. The minimum Gasteiger partial charge on any atom is -0.380 e. The van der Waals surface area contributed by atoms with E-state index in [1.165, 1.54) is 11.4 Å². The first-order valence-corrected chi connectivity index (χ1v) is 6.09. The topological polar surface area (TPSA) is 15.3 Å². The van der Waals surface area contributed by atoms with Gasteiger partial charge in [-0.25, -0.2) is 0 Å². The van der Waals surface area contributed by atoms with E-state index in [-0.39, 0.29) is 5.54 Å². The Hall–Kier alpha value is -1.18. The molecule has 1 rings (SSSR count). The van der Waals surface area contributed by atoms with E-state index < -0.39 is 0 Å². The van der Waals surface area contributed by atoms with Crippen LogP contribution < -0.4 is 10.2 Å². The van der Waals surface area contributed by atoms with E-state index in [0.717, 1.165) is 13.1 Å². The van der Waals surface area contributed by atoms with E-state index in [2.05, 4.69) is 69.1 Å². The fraction of sp³-hybridized carbons (Fsp3) is 0.571. The molecule has 0 bridgehead atoms. The predicted octanol–water partition coefficient (Wildman–Crippen LogP) is 3.74. The third-order valence-corrected chi connectivity index (χ3v) is 2.52. The van der Waals surface area contributed by atoms with E-state index in [4.69, 9.17) is 0 Å². The second-order valence-electron chi connectivity index (χ2n) is 5.09. The van der Waals surface area contributed by atoms with Crippen LogP contribution >= 0.6 is 0 Å². The van der Waals surface area contributed by atoms with Gasteiger partial charge in [0.15, 0.2) is 0 Å². The molecule has 0 saturated carbocycles. The van der Waals surface area contributed by atoms with Crippen molar-refractivity contribution < 1.29 is 0 Å². The molecule has 1 N–H and O–H groups in total. The average molecular weight is 220 g/mol. The van der Waals surface area contributed by atoms with Crippen molar-refractivity contribution in [3.63, 3.8) is 0 Å². The first-order valence-electron chi connectivity index (χ1n) is 6.09. The number of benzene rings is 1. The second-order valence-corrected chi connectivity index (χ2v) is 5.09. The maximum Gasteiger partial charge on any atom is 0.0367 e. The van der Waals surface area contributed by atoms with Crippen LogP contribution in [0.2, 0.25) is 0 Å². The molecular weight excluding hydrogens is 196 g/mol. The maximum absolute atomic E-state index is 3.46. The molecule has 90 valence electrons. The predicted molar refractivity (Wildman–Crippen MR) is 73.4 cm³/mol. The maximum atomic E-state index is 3.46. The fourth-order valence-electron chi connectivity index (χ4n) is 1.78. The highest BCUT2D eigenvalue weighted by Crippen LogP contribution is 2.20. The molecule has 2 nitrogen and oxygen atoms in total. The van der Waals surface area contributed by atoms with Crippen LogP contribution in [-0.2, 0) is 0 Å². The van der Waals surface area contributed by atoms with Crippen LogP contribution in [0.3, 0.4) is 0 Å². The van der Waals surface area contributed by atoms with Crippen molar-refractivity contribution in [2.24, 2.45) is 0 Å². The van der Waals surface area contributed by atoms with Crippen LogP contribution in [-0.4, -0.2) is 18.6 Å². The molecule has 0 saturated heterocycles. The molecule has 0 fully saturated rings. The molecule has 0 atom stereocenters. The minimum absolute atomic E-state index is 0.122. The monoisotopic (exact) mass is 220 g/mol. The molecule has 0 aliphatic carbocycles. The third kappa shape index (κ3) is 3.76. The summed E-state index contributed by atoms with van der Waals surface area (Å²) in [6.45, 7) is 13.0. The zero-order valence-electron chi connectivity index (χ0n) is 11.2. The van der Waals surface area contributed by atoms with Crippen molar-refractivity contribution in [2.75, 3.05) is 23.3 Å². The number of anilines is 2. The van der Waals surface area contributed by atoms with Gasteiger partial charge in [0, 0.05) is 30.0 Å². The van der Waals surface area contributed by atoms with Crippen LogP contribution in [0.15, 0.2) is 24.3 Å². The highest BCUT2D eigenvalue weighted by Gasteiger charge is 2.09. The van der Waals surface area contributed by atoms with Crippen molar-refractivity contribution >= 4 is 11.4 Å². The van der Waals surface area contributed by atoms with Crippen LogP contribution in [0, 0.1) is 0 Å². The highest BCUT2D eigenvalue weighted by molar-refractivity contribution is 5.55. The summed E-state index contributed by atoms with van der Waals surface area (Å²) in [6, 6.07) is 8.67. The number of hydrogen-bond donors (Lipinski definition) is 1. The van der Waals surface area contributed by atoms with Crippen molar-refractivity contribution in [2.45, 2.75) is 40.2 Å². The summed E-state index contributed by atoms with van der Waals surface area (Å²) in [5.41, 5.74) is 2.60. The largest absolute Gasteiger partial charge is 0.380 e. The summed E-state index contributed by atoms with van der Waals surface area (Å²) < 4.78 is 0. The first kappa shape index (κ1) is 12.9. The molecule has 2 heteroatoms. The Balaban J connectivity index is 2.75. The minimum atomic E-state index is 0.122. The zero-order chi connectivity index (χ0) is 12.2. The normalized spacial score (nSPS) is 11.3. The Morgan fingerprint density at radius 3 is 1.88 bits per heavy atom. The third-order valence-electron chi connectivity index (χ3n) is 2.52. The Bertz CT molecular complexity index is 305. The highest BCUT2D eigenvalue weighted by atomic mass is 15.1. The van der Waals surface area contributed by atoms with Gasteiger partial charge in [-0.1, -0.05) is 0 Å². The van der Waals surface area contributed by atoms with Gasteiger partial charge >= 0.3 is 0 Å². The van der Waals surface area contributed by atoms with Gasteiger partial charge in [-0.15, -0.1) is 0 Å². The molecule has 1 aromatic rings. The summed E-state index contributed by atoms with van der Waals surface area (Å²) in [6.07, 6.45) is 0. The number of nitrogens with zero attached hydrogens (tertiary/aromatic N) is 1. The first-order chi connectivity index (χ1) is 7.46. The van der Waals surface area contributed by atoms with Gasteiger partial charge in [0.25, 0.3) is 0 Å². The standard InChI is InChI=1S/C14H24N2/c1-6-16(7-2)13-10-8-12(9-11-13)15-14(3,4)5/h8-11,15H,6-7H2,1-5H3.